The average molecular weight is 410 g/mol. The number of nitrogens with zero attached hydrogens (tertiary/aromatic N) is 3. The Kier molecular flexibility index (Phi) is 6.63. The lowest BCUT2D eigenvalue weighted by Crippen LogP contribution is -2.27. The lowest BCUT2D eigenvalue weighted by Gasteiger charge is -2.18. The van der Waals surface area contributed by atoms with Crippen LogP contribution >= 0.6 is 11.6 Å². The van der Waals surface area contributed by atoms with Crippen LogP contribution in [0.15, 0.2) is 57.0 Å². The van der Waals surface area contributed by atoms with Gasteiger partial charge in [-0.15, -0.1) is 0 Å². The molecule has 6 nitrogen and oxygen atoms in total. The van der Waals surface area contributed by atoms with Crippen LogP contribution in [0.1, 0.15) is 25.3 Å². The van der Waals surface area contributed by atoms with Gasteiger partial charge in [0.25, 0.3) is 5.91 Å². The second kappa shape index (κ2) is 9.35. The number of benzene rings is 1. The Morgan fingerprint density at radius 2 is 2.14 bits per heavy atom. The number of nitriles is 1. The minimum Gasteiger partial charge on any atom is -0.493 e. The van der Waals surface area contributed by atoms with E-state index in [1.807, 2.05) is 6.07 Å². The zero-order valence-electron chi connectivity index (χ0n) is 16.2. The van der Waals surface area contributed by atoms with Gasteiger partial charge in [0.05, 0.1) is 25.0 Å². The molecular weight excluding hydrogens is 390 g/mol. The summed E-state index contributed by atoms with van der Waals surface area (Å²) in [6.45, 7) is 2.70. The quantitative estimate of drug-likeness (QED) is 0.491. The van der Waals surface area contributed by atoms with Gasteiger partial charge in [-0.25, -0.2) is 4.99 Å². The van der Waals surface area contributed by atoms with Crippen molar-refractivity contribution in [3.63, 3.8) is 0 Å². The summed E-state index contributed by atoms with van der Waals surface area (Å²) in [5.41, 5.74) is 1.41. The first-order valence-corrected chi connectivity index (χ1v) is 9.63. The van der Waals surface area contributed by atoms with E-state index in [2.05, 4.69) is 23.0 Å². The first-order chi connectivity index (χ1) is 14.0. The number of methoxy groups -OCH3 is 1. The van der Waals surface area contributed by atoms with E-state index in [1.165, 1.54) is 0 Å². The van der Waals surface area contributed by atoms with E-state index in [4.69, 9.17) is 21.1 Å². The molecule has 1 heterocycles. The van der Waals surface area contributed by atoms with E-state index in [9.17, 15) is 10.1 Å². The molecule has 7 heteroatoms. The van der Waals surface area contributed by atoms with Crippen LogP contribution in [-0.4, -0.2) is 31.2 Å². The average Bonchev–Trinajstić information content (AvgIpc) is 2.73. The van der Waals surface area contributed by atoms with Crippen LogP contribution in [0.25, 0.3) is 6.08 Å². The number of ether oxygens (including phenoxy) is 2. The van der Waals surface area contributed by atoms with E-state index in [0.29, 0.717) is 34.4 Å². The second-order valence-electron chi connectivity index (χ2n) is 6.46. The number of allylic oxidation sites excluding steroid dienone is 3. The number of aliphatic imine (C=N–C) groups is 2. The van der Waals surface area contributed by atoms with Crippen molar-refractivity contribution in [2.45, 2.75) is 19.8 Å². The summed E-state index contributed by atoms with van der Waals surface area (Å²) in [5.74, 6) is 0.292. The Bertz CT molecular complexity index is 1010. The highest BCUT2D eigenvalue weighted by Crippen LogP contribution is 2.30. The molecule has 148 valence electrons. The van der Waals surface area contributed by atoms with Gasteiger partial charge < -0.3 is 9.47 Å². The minimum absolute atomic E-state index is 0.0852. The highest BCUT2D eigenvalue weighted by atomic mass is 35.5. The summed E-state index contributed by atoms with van der Waals surface area (Å²) < 4.78 is 11.1. The van der Waals surface area contributed by atoms with Gasteiger partial charge in [0, 0.05) is 5.03 Å². The molecule has 0 aromatic heterocycles. The number of carbonyl (C=O) groups excluding carboxylic acids is 1. The third kappa shape index (κ3) is 4.82. The summed E-state index contributed by atoms with van der Waals surface area (Å²) in [7, 11) is 1.56. The van der Waals surface area contributed by atoms with Crippen molar-refractivity contribution in [1.82, 2.24) is 0 Å². The molecule has 29 heavy (non-hydrogen) atoms. The SMILES string of the molecule is CCCCOc1ccc(/C=C(\C#N)C2=NC(=O)C3C=C(Cl)C=CC3=N2)cc1OC. The van der Waals surface area contributed by atoms with Crippen molar-refractivity contribution < 1.29 is 14.3 Å². The largest absolute Gasteiger partial charge is 0.493 e. The number of hydrogen-bond acceptors (Lipinski definition) is 5. The molecule has 1 aromatic carbocycles. The lowest BCUT2D eigenvalue weighted by molar-refractivity contribution is -0.118. The van der Waals surface area contributed by atoms with Crippen molar-refractivity contribution in [3.8, 4) is 17.6 Å². The molecule has 1 aromatic rings. The van der Waals surface area contributed by atoms with Crippen molar-refractivity contribution >= 4 is 35.1 Å². The maximum Gasteiger partial charge on any atom is 0.260 e. The molecule has 0 fully saturated rings. The predicted molar refractivity (Wildman–Crippen MR) is 113 cm³/mol. The maximum absolute atomic E-state index is 12.3. The van der Waals surface area contributed by atoms with Crippen LogP contribution in [0.2, 0.25) is 0 Å². The summed E-state index contributed by atoms with van der Waals surface area (Å²) in [4.78, 5) is 20.7. The number of hydrogen-bond donors (Lipinski definition) is 0. The van der Waals surface area contributed by atoms with Crippen LogP contribution in [-0.2, 0) is 4.79 Å². The van der Waals surface area contributed by atoms with Crippen molar-refractivity contribution in [2.75, 3.05) is 13.7 Å². The molecule has 1 aliphatic carbocycles. The molecule has 0 bridgehead atoms. The number of rotatable bonds is 7. The van der Waals surface area contributed by atoms with Crippen LogP contribution in [0.3, 0.4) is 0 Å². The van der Waals surface area contributed by atoms with Gasteiger partial charge in [-0.2, -0.15) is 10.3 Å². The maximum atomic E-state index is 12.3. The number of amides is 1. The van der Waals surface area contributed by atoms with Crippen LogP contribution in [0, 0.1) is 17.2 Å². The van der Waals surface area contributed by atoms with Gasteiger partial charge in [0.15, 0.2) is 17.3 Å². The van der Waals surface area contributed by atoms with E-state index in [0.717, 1.165) is 12.8 Å². The first-order valence-electron chi connectivity index (χ1n) is 9.25. The normalized spacial score (nSPS) is 18.3. The number of carbonyl (C=O) groups is 1. The molecule has 2 aliphatic rings. The summed E-state index contributed by atoms with van der Waals surface area (Å²) in [6, 6.07) is 7.44. The standard InChI is InChI=1S/C22H20ClN3O3/c1-3-4-9-29-19-8-5-14(11-20(19)28-2)10-15(13-24)21-25-18-7-6-16(23)12-17(18)22(27)26-21/h5-8,10-12,17H,3-4,9H2,1-2H3/b15-10+. The molecule has 1 unspecified atom stereocenters. The Morgan fingerprint density at radius 1 is 1.31 bits per heavy atom. The van der Waals surface area contributed by atoms with Gasteiger partial charge in [-0.3, -0.25) is 4.79 Å². The van der Waals surface area contributed by atoms with Crippen molar-refractivity contribution in [1.29, 1.82) is 5.26 Å². The molecular formula is C22H20ClN3O3. The third-order valence-corrected chi connectivity index (χ3v) is 4.64. The zero-order chi connectivity index (χ0) is 20.8. The lowest BCUT2D eigenvalue weighted by atomic mass is 9.96. The molecule has 1 amide bonds. The Labute approximate surface area is 174 Å². The first kappa shape index (κ1) is 20.6. The molecule has 0 N–H and O–H groups in total. The second-order valence-corrected chi connectivity index (χ2v) is 6.89. The Hall–Kier alpha value is -3.17. The Morgan fingerprint density at radius 3 is 2.86 bits per heavy atom. The molecule has 0 saturated carbocycles. The smallest absolute Gasteiger partial charge is 0.260 e. The fraction of sp³-hybridized carbons (Fsp3) is 0.273. The predicted octanol–water partition coefficient (Wildman–Crippen LogP) is 4.47. The molecule has 1 atom stereocenters. The van der Waals surface area contributed by atoms with Crippen LogP contribution in [0.4, 0.5) is 0 Å². The molecule has 0 spiro atoms. The number of halogens is 1. The van der Waals surface area contributed by atoms with Crippen molar-refractivity contribution in [3.05, 3.63) is 52.6 Å². The van der Waals surface area contributed by atoms with Gasteiger partial charge in [-0.05, 0) is 48.4 Å². The minimum atomic E-state index is -0.601. The van der Waals surface area contributed by atoms with E-state index >= 15 is 0 Å². The summed E-state index contributed by atoms with van der Waals surface area (Å²) in [5, 5.41) is 10.1. The van der Waals surface area contributed by atoms with Crippen LogP contribution < -0.4 is 9.47 Å². The zero-order valence-corrected chi connectivity index (χ0v) is 16.9. The highest BCUT2D eigenvalue weighted by molar-refractivity contribution is 6.34. The fourth-order valence-corrected chi connectivity index (χ4v) is 3.04. The number of unbranched alkanes of at least 4 members (excludes halogenated alkanes) is 1. The van der Waals surface area contributed by atoms with Crippen LogP contribution in [0.5, 0.6) is 11.5 Å². The topological polar surface area (TPSA) is 84.0 Å². The van der Waals surface area contributed by atoms with Gasteiger partial charge in [0.1, 0.15) is 12.0 Å². The third-order valence-electron chi connectivity index (χ3n) is 4.39. The van der Waals surface area contributed by atoms with Gasteiger partial charge in [-0.1, -0.05) is 31.0 Å². The monoisotopic (exact) mass is 409 g/mol. The van der Waals surface area contributed by atoms with E-state index in [1.54, 1.807) is 43.5 Å². The summed E-state index contributed by atoms with van der Waals surface area (Å²) >= 11 is 5.95. The van der Waals surface area contributed by atoms with Crippen molar-refractivity contribution in [2.24, 2.45) is 15.9 Å². The number of amidine groups is 1. The number of fused-ring (bicyclic) bond motifs is 1. The highest BCUT2D eigenvalue weighted by Gasteiger charge is 2.28. The van der Waals surface area contributed by atoms with Gasteiger partial charge >= 0.3 is 0 Å². The fourth-order valence-electron chi connectivity index (χ4n) is 2.85. The van der Waals surface area contributed by atoms with Gasteiger partial charge in [0.2, 0.25) is 0 Å². The Balaban J connectivity index is 1.88. The summed E-state index contributed by atoms with van der Waals surface area (Å²) in [6.07, 6.45) is 8.53. The van der Waals surface area contributed by atoms with E-state index in [-0.39, 0.29) is 11.4 Å². The molecule has 0 radical (unpaired) electrons. The molecule has 0 saturated heterocycles. The van der Waals surface area contributed by atoms with E-state index < -0.39 is 11.8 Å². The molecule has 1 aliphatic heterocycles. The molecule has 3 rings (SSSR count).